The maximum atomic E-state index is 12.6. The fourth-order valence-corrected chi connectivity index (χ4v) is 2.85. The van der Waals surface area contributed by atoms with Gasteiger partial charge in [-0.1, -0.05) is 32.0 Å². The Bertz CT molecular complexity index is 626. The van der Waals surface area contributed by atoms with Crippen LogP contribution in [0.3, 0.4) is 0 Å². The van der Waals surface area contributed by atoms with Gasteiger partial charge < -0.3 is 4.74 Å². The van der Waals surface area contributed by atoms with Crippen molar-refractivity contribution in [1.82, 2.24) is 10.2 Å². The van der Waals surface area contributed by atoms with Crippen LogP contribution in [-0.4, -0.2) is 29.4 Å². The van der Waals surface area contributed by atoms with Gasteiger partial charge in [0.15, 0.2) is 0 Å². The first-order valence-corrected chi connectivity index (χ1v) is 6.90. The minimum atomic E-state index is -0.838. The highest BCUT2D eigenvalue weighted by molar-refractivity contribution is 6.16. The lowest BCUT2D eigenvalue weighted by atomic mass is 9.91. The fraction of sp³-hybridized carbons (Fsp3) is 0.400. The maximum absolute atomic E-state index is 12.6. The zero-order chi connectivity index (χ0) is 15.1. The molecule has 1 fully saturated rings. The summed E-state index contributed by atoms with van der Waals surface area (Å²) < 4.78 is 5.52. The number of carbonyl (C=O) groups excluding carboxylic acids is 3. The van der Waals surface area contributed by atoms with Crippen LogP contribution in [0, 0.1) is 11.8 Å². The Morgan fingerprint density at radius 2 is 1.95 bits per heavy atom. The number of rotatable bonds is 2. The third kappa shape index (κ3) is 2.07. The Kier molecular flexibility index (Phi) is 3.16. The van der Waals surface area contributed by atoms with E-state index in [9.17, 15) is 14.4 Å². The van der Waals surface area contributed by atoms with E-state index in [0.717, 1.165) is 10.5 Å². The second kappa shape index (κ2) is 4.87. The van der Waals surface area contributed by atoms with Gasteiger partial charge in [-0.3, -0.25) is 19.8 Å². The lowest BCUT2D eigenvalue weighted by Gasteiger charge is -2.34. The van der Waals surface area contributed by atoms with Crippen LogP contribution in [0.1, 0.15) is 25.5 Å². The summed E-state index contributed by atoms with van der Waals surface area (Å²) in [5, 5.41) is 2.27. The van der Waals surface area contributed by atoms with E-state index in [4.69, 9.17) is 4.74 Å². The van der Waals surface area contributed by atoms with Gasteiger partial charge in [0, 0.05) is 5.56 Å². The van der Waals surface area contributed by atoms with Crippen molar-refractivity contribution in [1.29, 1.82) is 0 Å². The molecule has 0 aliphatic carbocycles. The minimum absolute atomic E-state index is 0.175. The fourth-order valence-electron chi connectivity index (χ4n) is 2.85. The normalized spacial score (nSPS) is 24.9. The number of urea groups is 1. The van der Waals surface area contributed by atoms with Gasteiger partial charge >= 0.3 is 6.03 Å². The molecule has 1 aromatic rings. The number of para-hydroxylation sites is 1. The smallest absolute Gasteiger partial charge is 0.331 e. The highest BCUT2D eigenvalue weighted by Gasteiger charge is 2.47. The van der Waals surface area contributed by atoms with Crippen LogP contribution in [0.2, 0.25) is 0 Å². The first-order valence-electron chi connectivity index (χ1n) is 6.90. The maximum Gasteiger partial charge on any atom is 0.331 e. The Hall–Kier alpha value is -2.37. The van der Waals surface area contributed by atoms with E-state index >= 15 is 0 Å². The average Bonchev–Trinajstić information content (AvgIpc) is 2.82. The van der Waals surface area contributed by atoms with Crippen LogP contribution in [0.5, 0.6) is 5.75 Å². The predicted molar refractivity (Wildman–Crippen MR) is 73.4 cm³/mol. The Labute approximate surface area is 122 Å². The predicted octanol–water partition coefficient (Wildman–Crippen LogP) is 1.47. The molecule has 110 valence electrons. The molecule has 0 bridgehead atoms. The topological polar surface area (TPSA) is 75.7 Å². The van der Waals surface area contributed by atoms with Crippen LogP contribution in [0.25, 0.3) is 0 Å². The first-order chi connectivity index (χ1) is 10.0. The summed E-state index contributed by atoms with van der Waals surface area (Å²) in [6.45, 7) is 3.79. The zero-order valence-electron chi connectivity index (χ0n) is 11.8. The molecule has 1 N–H and O–H groups in total. The quantitative estimate of drug-likeness (QED) is 0.836. The first kappa shape index (κ1) is 13.6. The number of nitrogens with one attached hydrogen (secondary N) is 1. The van der Waals surface area contributed by atoms with E-state index in [2.05, 4.69) is 5.32 Å². The third-order valence-electron chi connectivity index (χ3n) is 3.89. The van der Waals surface area contributed by atoms with Crippen molar-refractivity contribution < 1.29 is 19.1 Å². The molecule has 4 amide bonds. The molecular formula is C15H16N2O4. The van der Waals surface area contributed by atoms with Gasteiger partial charge in [0.1, 0.15) is 24.3 Å². The molecule has 3 rings (SSSR count). The number of ether oxygens (including phenoxy) is 1. The molecule has 0 radical (unpaired) electrons. The Morgan fingerprint density at radius 1 is 1.24 bits per heavy atom. The number of barbiturate groups is 1. The van der Waals surface area contributed by atoms with E-state index in [1.54, 1.807) is 19.9 Å². The molecule has 6 heteroatoms. The number of hydrogen-bond donors (Lipinski definition) is 1. The number of amides is 4. The summed E-state index contributed by atoms with van der Waals surface area (Å²) >= 11 is 0. The Morgan fingerprint density at radius 3 is 2.67 bits per heavy atom. The van der Waals surface area contributed by atoms with Gasteiger partial charge in [0.05, 0.1) is 0 Å². The largest absolute Gasteiger partial charge is 0.491 e. The lowest BCUT2D eigenvalue weighted by molar-refractivity contribution is -0.146. The van der Waals surface area contributed by atoms with Crippen molar-refractivity contribution in [2.24, 2.45) is 11.8 Å². The molecule has 2 aliphatic rings. The lowest BCUT2D eigenvalue weighted by Crippen LogP contribution is -2.60. The number of nitrogens with zero attached hydrogens (tertiary/aromatic N) is 1. The van der Waals surface area contributed by atoms with Crippen molar-refractivity contribution >= 4 is 17.8 Å². The molecule has 2 aliphatic heterocycles. The second-order valence-electron chi connectivity index (χ2n) is 5.59. The third-order valence-corrected chi connectivity index (χ3v) is 3.89. The molecular weight excluding hydrogens is 272 g/mol. The molecule has 2 unspecified atom stereocenters. The van der Waals surface area contributed by atoms with Crippen LogP contribution in [0.4, 0.5) is 4.79 Å². The molecule has 0 spiro atoms. The van der Waals surface area contributed by atoms with Gasteiger partial charge in [0.2, 0.25) is 11.8 Å². The van der Waals surface area contributed by atoms with Crippen LogP contribution in [-0.2, 0) is 9.59 Å². The monoisotopic (exact) mass is 288 g/mol. The van der Waals surface area contributed by atoms with Crippen molar-refractivity contribution in [2.45, 2.75) is 19.9 Å². The van der Waals surface area contributed by atoms with Gasteiger partial charge in [-0.15, -0.1) is 0 Å². The number of benzene rings is 1. The van der Waals surface area contributed by atoms with E-state index in [1.807, 2.05) is 18.2 Å². The number of carbonyl (C=O) groups is 3. The van der Waals surface area contributed by atoms with Crippen molar-refractivity contribution in [3.8, 4) is 5.75 Å². The zero-order valence-corrected chi connectivity index (χ0v) is 11.8. The number of imide groups is 2. The standard InChI is InChI=1S/C15H16N2O4/c1-8(2)12-13(18)16-15(20)17(14(12)19)10-7-21-11-6-4-3-5-9(10)11/h3-6,8,10,12H,7H2,1-2H3,(H,16,18,20). The summed E-state index contributed by atoms with van der Waals surface area (Å²) in [6, 6.07) is 6.13. The van der Waals surface area contributed by atoms with Crippen molar-refractivity contribution in [3.63, 3.8) is 0 Å². The van der Waals surface area contributed by atoms with Gasteiger partial charge in [-0.2, -0.15) is 0 Å². The molecule has 6 nitrogen and oxygen atoms in total. The minimum Gasteiger partial charge on any atom is -0.491 e. The molecule has 21 heavy (non-hydrogen) atoms. The Balaban J connectivity index is 1.96. The van der Waals surface area contributed by atoms with Crippen molar-refractivity contribution in [2.75, 3.05) is 6.61 Å². The summed E-state index contributed by atoms with van der Waals surface area (Å²) in [4.78, 5) is 37.6. The summed E-state index contributed by atoms with van der Waals surface area (Å²) in [5.74, 6) is -1.32. The highest BCUT2D eigenvalue weighted by Crippen LogP contribution is 2.37. The second-order valence-corrected chi connectivity index (χ2v) is 5.59. The van der Waals surface area contributed by atoms with Crippen molar-refractivity contribution in [3.05, 3.63) is 29.8 Å². The van der Waals surface area contributed by atoms with Crippen LogP contribution < -0.4 is 10.1 Å². The summed E-state index contributed by atoms with van der Waals surface area (Å²) in [7, 11) is 0. The molecule has 1 aromatic carbocycles. The van der Waals surface area contributed by atoms with Gasteiger partial charge in [-0.05, 0) is 12.0 Å². The van der Waals surface area contributed by atoms with E-state index < -0.39 is 29.8 Å². The average molecular weight is 288 g/mol. The van der Waals surface area contributed by atoms with Crippen LogP contribution >= 0.6 is 0 Å². The van der Waals surface area contributed by atoms with Crippen LogP contribution in [0.15, 0.2) is 24.3 Å². The van der Waals surface area contributed by atoms with E-state index in [1.165, 1.54) is 0 Å². The summed E-state index contributed by atoms with van der Waals surface area (Å²) in [6.07, 6.45) is 0. The number of hydrogen-bond acceptors (Lipinski definition) is 4. The molecule has 1 saturated heterocycles. The molecule has 0 saturated carbocycles. The highest BCUT2D eigenvalue weighted by atomic mass is 16.5. The van der Waals surface area contributed by atoms with Gasteiger partial charge in [-0.25, -0.2) is 4.79 Å². The molecule has 0 aromatic heterocycles. The van der Waals surface area contributed by atoms with Gasteiger partial charge in [0.25, 0.3) is 0 Å². The van der Waals surface area contributed by atoms with E-state index in [-0.39, 0.29) is 12.5 Å². The number of fused-ring (bicyclic) bond motifs is 1. The molecule has 2 atom stereocenters. The SMILES string of the molecule is CC(C)C1C(=O)NC(=O)N(C2COc3ccccc32)C1=O. The summed E-state index contributed by atoms with van der Waals surface area (Å²) in [5.41, 5.74) is 0.790. The molecule has 2 heterocycles. The van der Waals surface area contributed by atoms with E-state index in [0.29, 0.717) is 5.75 Å².